The first kappa shape index (κ1) is 19.0. The standard InChI is InChI=1S/C19H24N2O3S/c1-4-5-12-21(3)19(22)16-9-7-11-18(14-16)25(23,24)20-17-10-6-8-15(2)13-17/h6-11,13-14,20H,4-5,12H2,1-3H3. The van der Waals surface area contributed by atoms with Crippen molar-refractivity contribution in [2.24, 2.45) is 0 Å². The van der Waals surface area contributed by atoms with Crippen molar-refractivity contribution < 1.29 is 13.2 Å². The summed E-state index contributed by atoms with van der Waals surface area (Å²) in [5, 5.41) is 0. The van der Waals surface area contributed by atoms with Crippen LogP contribution in [0.15, 0.2) is 53.4 Å². The van der Waals surface area contributed by atoms with Gasteiger partial charge in [0.05, 0.1) is 4.90 Å². The molecule has 0 spiro atoms. The van der Waals surface area contributed by atoms with Crippen molar-refractivity contribution in [3.63, 3.8) is 0 Å². The molecule has 25 heavy (non-hydrogen) atoms. The predicted molar refractivity (Wildman–Crippen MR) is 100 cm³/mol. The number of hydrogen-bond acceptors (Lipinski definition) is 3. The molecule has 1 N–H and O–H groups in total. The maximum atomic E-state index is 12.6. The van der Waals surface area contributed by atoms with Crippen LogP contribution in [0.25, 0.3) is 0 Å². The lowest BCUT2D eigenvalue weighted by Gasteiger charge is -2.17. The van der Waals surface area contributed by atoms with Crippen molar-refractivity contribution in [2.45, 2.75) is 31.6 Å². The monoisotopic (exact) mass is 360 g/mol. The molecule has 0 unspecified atom stereocenters. The third kappa shape index (κ3) is 5.06. The highest BCUT2D eigenvalue weighted by molar-refractivity contribution is 7.92. The van der Waals surface area contributed by atoms with Gasteiger partial charge in [0.25, 0.3) is 15.9 Å². The van der Waals surface area contributed by atoms with E-state index in [9.17, 15) is 13.2 Å². The molecule has 0 aliphatic carbocycles. The smallest absolute Gasteiger partial charge is 0.261 e. The van der Waals surface area contributed by atoms with Gasteiger partial charge in [-0.15, -0.1) is 0 Å². The molecule has 134 valence electrons. The van der Waals surface area contributed by atoms with Crippen LogP contribution in [0.5, 0.6) is 0 Å². The van der Waals surface area contributed by atoms with E-state index in [1.165, 1.54) is 12.1 Å². The number of amides is 1. The number of hydrogen-bond donors (Lipinski definition) is 1. The Morgan fingerprint density at radius 2 is 1.84 bits per heavy atom. The van der Waals surface area contributed by atoms with E-state index in [-0.39, 0.29) is 10.8 Å². The molecule has 2 rings (SSSR count). The maximum Gasteiger partial charge on any atom is 0.261 e. The molecule has 0 heterocycles. The molecule has 0 saturated carbocycles. The largest absolute Gasteiger partial charge is 0.342 e. The number of benzene rings is 2. The summed E-state index contributed by atoms with van der Waals surface area (Å²) >= 11 is 0. The molecular formula is C19H24N2O3S. The van der Waals surface area contributed by atoms with Crippen molar-refractivity contribution in [1.29, 1.82) is 0 Å². The zero-order valence-electron chi connectivity index (χ0n) is 14.8. The van der Waals surface area contributed by atoms with E-state index < -0.39 is 10.0 Å². The van der Waals surface area contributed by atoms with Gasteiger partial charge in [0, 0.05) is 24.8 Å². The fourth-order valence-electron chi connectivity index (χ4n) is 2.44. The molecular weight excluding hydrogens is 336 g/mol. The van der Waals surface area contributed by atoms with Crippen LogP contribution in [-0.4, -0.2) is 32.8 Å². The summed E-state index contributed by atoms with van der Waals surface area (Å²) in [4.78, 5) is 14.1. The molecule has 0 aliphatic rings. The summed E-state index contributed by atoms with van der Waals surface area (Å²) < 4.78 is 27.7. The van der Waals surface area contributed by atoms with E-state index in [2.05, 4.69) is 11.6 Å². The molecule has 0 aliphatic heterocycles. The molecule has 0 radical (unpaired) electrons. The Balaban J connectivity index is 2.23. The highest BCUT2D eigenvalue weighted by Crippen LogP contribution is 2.18. The SMILES string of the molecule is CCCCN(C)C(=O)c1cccc(S(=O)(=O)Nc2cccc(C)c2)c1. The predicted octanol–water partition coefficient (Wildman–Crippen LogP) is 3.67. The van der Waals surface area contributed by atoms with Gasteiger partial charge >= 0.3 is 0 Å². The summed E-state index contributed by atoms with van der Waals surface area (Å²) in [5.74, 6) is -0.180. The summed E-state index contributed by atoms with van der Waals surface area (Å²) in [6, 6.07) is 13.3. The molecule has 0 fully saturated rings. The Morgan fingerprint density at radius 3 is 2.52 bits per heavy atom. The van der Waals surface area contributed by atoms with E-state index in [1.807, 2.05) is 13.0 Å². The first-order valence-corrected chi connectivity index (χ1v) is 9.77. The average molecular weight is 360 g/mol. The van der Waals surface area contributed by atoms with Crippen molar-refractivity contribution in [1.82, 2.24) is 4.90 Å². The van der Waals surface area contributed by atoms with Crippen LogP contribution < -0.4 is 4.72 Å². The summed E-state index contributed by atoms with van der Waals surface area (Å²) in [6.45, 7) is 4.60. The first-order chi connectivity index (χ1) is 11.8. The quantitative estimate of drug-likeness (QED) is 0.819. The third-order valence-electron chi connectivity index (χ3n) is 3.86. The van der Waals surface area contributed by atoms with E-state index >= 15 is 0 Å². The lowest BCUT2D eigenvalue weighted by atomic mass is 10.2. The van der Waals surface area contributed by atoms with Gasteiger partial charge in [0.1, 0.15) is 0 Å². The molecule has 1 amide bonds. The summed E-state index contributed by atoms with van der Waals surface area (Å²) in [6.07, 6.45) is 1.90. The number of nitrogens with zero attached hydrogens (tertiary/aromatic N) is 1. The van der Waals surface area contributed by atoms with Crippen LogP contribution in [0.3, 0.4) is 0 Å². The fraction of sp³-hybridized carbons (Fsp3) is 0.316. The van der Waals surface area contributed by atoms with Crippen molar-refractivity contribution in [3.8, 4) is 0 Å². The Hall–Kier alpha value is -2.34. The van der Waals surface area contributed by atoms with Crippen LogP contribution in [0.2, 0.25) is 0 Å². The zero-order chi connectivity index (χ0) is 18.4. The molecule has 0 bridgehead atoms. The number of sulfonamides is 1. The summed E-state index contributed by atoms with van der Waals surface area (Å²) in [7, 11) is -2.02. The molecule has 0 aromatic heterocycles. The normalized spacial score (nSPS) is 11.2. The number of aryl methyl sites for hydroxylation is 1. The van der Waals surface area contributed by atoms with E-state index in [4.69, 9.17) is 0 Å². The Kier molecular flexibility index (Phi) is 6.20. The van der Waals surface area contributed by atoms with E-state index in [0.717, 1.165) is 18.4 Å². The Labute approximate surface area is 149 Å². The molecule has 2 aromatic carbocycles. The van der Waals surface area contributed by atoms with Crippen molar-refractivity contribution in [3.05, 3.63) is 59.7 Å². The van der Waals surface area contributed by atoms with Gasteiger partial charge < -0.3 is 4.90 Å². The highest BCUT2D eigenvalue weighted by atomic mass is 32.2. The van der Waals surface area contributed by atoms with Crippen molar-refractivity contribution in [2.75, 3.05) is 18.3 Å². The number of carbonyl (C=O) groups excluding carboxylic acids is 1. The molecule has 6 heteroatoms. The fourth-order valence-corrected chi connectivity index (χ4v) is 3.53. The molecule has 5 nitrogen and oxygen atoms in total. The van der Waals surface area contributed by atoms with Gasteiger partial charge in [0.2, 0.25) is 0 Å². The number of rotatable bonds is 7. The Morgan fingerprint density at radius 1 is 1.12 bits per heavy atom. The molecule has 0 saturated heterocycles. The lowest BCUT2D eigenvalue weighted by molar-refractivity contribution is 0.0793. The number of carbonyl (C=O) groups is 1. The average Bonchev–Trinajstić information content (AvgIpc) is 2.58. The second-order valence-electron chi connectivity index (χ2n) is 6.08. The van der Waals surface area contributed by atoms with E-state index in [0.29, 0.717) is 17.8 Å². The highest BCUT2D eigenvalue weighted by Gasteiger charge is 2.18. The topological polar surface area (TPSA) is 66.5 Å². The van der Waals surface area contributed by atoms with Crippen LogP contribution >= 0.6 is 0 Å². The Bertz CT molecular complexity index is 847. The van der Waals surface area contributed by atoms with Crippen LogP contribution in [0, 0.1) is 6.92 Å². The minimum absolute atomic E-state index is 0.0729. The number of anilines is 1. The third-order valence-corrected chi connectivity index (χ3v) is 5.23. The van der Waals surface area contributed by atoms with E-state index in [1.54, 1.807) is 42.3 Å². The molecule has 0 atom stereocenters. The minimum Gasteiger partial charge on any atom is -0.342 e. The zero-order valence-corrected chi connectivity index (χ0v) is 15.6. The van der Waals surface area contributed by atoms with Gasteiger partial charge in [-0.1, -0.05) is 31.5 Å². The first-order valence-electron chi connectivity index (χ1n) is 8.28. The van der Waals surface area contributed by atoms with Gasteiger partial charge in [-0.3, -0.25) is 9.52 Å². The number of unbranched alkanes of at least 4 members (excludes halogenated alkanes) is 1. The van der Waals surface area contributed by atoms with Gasteiger partial charge in [-0.25, -0.2) is 8.42 Å². The molecule has 2 aromatic rings. The second kappa shape index (κ2) is 8.16. The van der Waals surface area contributed by atoms with Gasteiger partial charge in [0.15, 0.2) is 0 Å². The minimum atomic E-state index is -3.75. The second-order valence-corrected chi connectivity index (χ2v) is 7.77. The van der Waals surface area contributed by atoms with Crippen LogP contribution in [0.4, 0.5) is 5.69 Å². The van der Waals surface area contributed by atoms with Crippen LogP contribution in [0.1, 0.15) is 35.7 Å². The lowest BCUT2D eigenvalue weighted by Crippen LogP contribution is -2.28. The van der Waals surface area contributed by atoms with Gasteiger partial charge in [-0.2, -0.15) is 0 Å². The van der Waals surface area contributed by atoms with Gasteiger partial charge in [-0.05, 0) is 49.2 Å². The van der Waals surface area contributed by atoms with Crippen LogP contribution in [-0.2, 0) is 10.0 Å². The maximum absolute atomic E-state index is 12.6. The van der Waals surface area contributed by atoms with Crippen molar-refractivity contribution >= 4 is 21.6 Å². The summed E-state index contributed by atoms with van der Waals surface area (Å²) in [5.41, 5.74) is 1.82. The number of nitrogens with one attached hydrogen (secondary N) is 1.